The van der Waals surface area contributed by atoms with E-state index in [0.717, 1.165) is 5.56 Å². The maximum Gasteiger partial charge on any atom is 0.407 e. The van der Waals surface area contributed by atoms with Crippen LogP contribution in [0, 0.1) is 0 Å². The van der Waals surface area contributed by atoms with E-state index in [1.165, 1.54) is 0 Å². The van der Waals surface area contributed by atoms with Crippen molar-refractivity contribution in [2.24, 2.45) is 0 Å². The van der Waals surface area contributed by atoms with Gasteiger partial charge in [0, 0.05) is 6.42 Å². The lowest BCUT2D eigenvalue weighted by Crippen LogP contribution is -2.26. The second-order valence-corrected chi connectivity index (χ2v) is 4.12. The van der Waals surface area contributed by atoms with Gasteiger partial charge in [-0.2, -0.15) is 0 Å². The van der Waals surface area contributed by atoms with Crippen LogP contribution < -0.4 is 5.32 Å². The third kappa shape index (κ3) is 3.76. The molecule has 1 amide bonds. The van der Waals surface area contributed by atoms with Crippen LogP contribution >= 0.6 is 0 Å². The van der Waals surface area contributed by atoms with E-state index in [2.05, 4.69) is 5.32 Å². The molecule has 0 aromatic heterocycles. The van der Waals surface area contributed by atoms with E-state index in [1.807, 2.05) is 30.3 Å². The zero-order chi connectivity index (χ0) is 12.8. The Morgan fingerprint density at radius 1 is 1.39 bits per heavy atom. The molecule has 5 nitrogen and oxygen atoms in total. The SMILES string of the molecule is O=C(CCC1COC(=O)N1)OCc1ccccc1. The van der Waals surface area contributed by atoms with Crippen LogP contribution in [0.4, 0.5) is 4.79 Å². The molecule has 1 aromatic carbocycles. The summed E-state index contributed by atoms with van der Waals surface area (Å²) in [6.07, 6.45) is 0.401. The highest BCUT2D eigenvalue weighted by Gasteiger charge is 2.22. The Balaban J connectivity index is 1.65. The third-order valence-corrected chi connectivity index (χ3v) is 2.68. The molecule has 1 heterocycles. The van der Waals surface area contributed by atoms with E-state index in [4.69, 9.17) is 9.47 Å². The number of ether oxygens (including phenoxy) is 2. The lowest BCUT2D eigenvalue weighted by molar-refractivity contribution is -0.145. The first-order valence-electron chi connectivity index (χ1n) is 5.87. The molecule has 0 bridgehead atoms. The standard InChI is InChI=1S/C13H15NO4/c15-12(7-6-11-9-18-13(16)14-11)17-8-10-4-2-1-3-5-10/h1-5,11H,6-9H2,(H,14,16). The number of rotatable bonds is 5. The van der Waals surface area contributed by atoms with Gasteiger partial charge in [-0.3, -0.25) is 4.79 Å². The molecule has 1 aliphatic heterocycles. The normalized spacial score (nSPS) is 18.0. The number of alkyl carbamates (subject to hydrolysis) is 1. The number of benzene rings is 1. The second-order valence-electron chi connectivity index (χ2n) is 4.12. The summed E-state index contributed by atoms with van der Waals surface area (Å²) in [6, 6.07) is 9.43. The molecule has 18 heavy (non-hydrogen) atoms. The first kappa shape index (κ1) is 12.4. The minimum absolute atomic E-state index is 0.0817. The van der Waals surface area contributed by atoms with Crippen LogP contribution in [0.2, 0.25) is 0 Å². The summed E-state index contributed by atoms with van der Waals surface area (Å²) >= 11 is 0. The van der Waals surface area contributed by atoms with Gasteiger partial charge in [0.1, 0.15) is 13.2 Å². The number of amides is 1. The van der Waals surface area contributed by atoms with E-state index in [-0.39, 0.29) is 25.0 Å². The molecule has 0 radical (unpaired) electrons. The fourth-order valence-electron chi connectivity index (χ4n) is 1.68. The first-order chi connectivity index (χ1) is 8.74. The first-order valence-corrected chi connectivity index (χ1v) is 5.87. The predicted octanol–water partition coefficient (Wildman–Crippen LogP) is 1.62. The van der Waals surface area contributed by atoms with Crippen LogP contribution in [-0.4, -0.2) is 24.7 Å². The van der Waals surface area contributed by atoms with Crippen LogP contribution in [0.15, 0.2) is 30.3 Å². The number of carbonyl (C=O) groups is 2. The van der Waals surface area contributed by atoms with Gasteiger partial charge >= 0.3 is 12.1 Å². The summed E-state index contributed by atoms with van der Waals surface area (Å²) in [4.78, 5) is 22.2. The minimum Gasteiger partial charge on any atom is -0.461 e. The molecule has 1 atom stereocenters. The number of hydrogen-bond acceptors (Lipinski definition) is 4. The molecule has 1 fully saturated rings. The lowest BCUT2D eigenvalue weighted by Gasteiger charge is -2.07. The van der Waals surface area contributed by atoms with E-state index in [0.29, 0.717) is 13.0 Å². The highest BCUT2D eigenvalue weighted by atomic mass is 16.6. The van der Waals surface area contributed by atoms with E-state index >= 15 is 0 Å². The molecule has 96 valence electrons. The van der Waals surface area contributed by atoms with Crippen molar-refractivity contribution >= 4 is 12.1 Å². The summed E-state index contributed by atoms with van der Waals surface area (Å²) in [5, 5.41) is 2.61. The number of carbonyl (C=O) groups excluding carboxylic acids is 2. The molecule has 2 rings (SSSR count). The predicted molar refractivity (Wildman–Crippen MR) is 63.7 cm³/mol. The van der Waals surface area contributed by atoms with Gasteiger partial charge in [0.25, 0.3) is 0 Å². The highest BCUT2D eigenvalue weighted by molar-refractivity contribution is 5.71. The van der Waals surface area contributed by atoms with Gasteiger partial charge < -0.3 is 14.8 Å². The van der Waals surface area contributed by atoms with Crippen LogP contribution in [0.25, 0.3) is 0 Å². The van der Waals surface area contributed by atoms with Gasteiger partial charge in [0.05, 0.1) is 6.04 Å². The fourth-order valence-corrected chi connectivity index (χ4v) is 1.68. The van der Waals surface area contributed by atoms with Crippen LogP contribution in [0.5, 0.6) is 0 Å². The van der Waals surface area contributed by atoms with Gasteiger partial charge in [0.2, 0.25) is 0 Å². The van der Waals surface area contributed by atoms with Crippen molar-refractivity contribution in [3.8, 4) is 0 Å². The second kappa shape index (κ2) is 6.05. The number of hydrogen-bond donors (Lipinski definition) is 1. The molecule has 0 aliphatic carbocycles. The zero-order valence-corrected chi connectivity index (χ0v) is 9.93. The summed E-state index contributed by atoms with van der Waals surface area (Å²) in [7, 11) is 0. The summed E-state index contributed by atoms with van der Waals surface area (Å²) in [6.45, 7) is 0.609. The Morgan fingerprint density at radius 3 is 2.83 bits per heavy atom. The van der Waals surface area contributed by atoms with Gasteiger partial charge in [-0.15, -0.1) is 0 Å². The Labute approximate surface area is 105 Å². The molecule has 0 saturated carbocycles. The maximum atomic E-state index is 11.5. The van der Waals surface area contributed by atoms with Crippen molar-refractivity contribution in [2.45, 2.75) is 25.5 Å². The van der Waals surface area contributed by atoms with Crippen molar-refractivity contribution in [1.29, 1.82) is 0 Å². The van der Waals surface area contributed by atoms with E-state index in [9.17, 15) is 9.59 Å². The van der Waals surface area contributed by atoms with Gasteiger partial charge in [-0.05, 0) is 12.0 Å². The summed E-state index contributed by atoms with van der Waals surface area (Å²) in [5.41, 5.74) is 0.961. The Morgan fingerprint density at radius 2 is 2.17 bits per heavy atom. The lowest BCUT2D eigenvalue weighted by atomic mass is 10.2. The van der Waals surface area contributed by atoms with Crippen molar-refractivity contribution in [1.82, 2.24) is 5.32 Å². The van der Waals surface area contributed by atoms with Crippen LogP contribution in [0.3, 0.4) is 0 Å². The molecule has 1 saturated heterocycles. The molecule has 1 unspecified atom stereocenters. The summed E-state index contributed by atoms with van der Waals surface area (Å²) < 4.78 is 9.85. The highest BCUT2D eigenvalue weighted by Crippen LogP contribution is 2.07. The molecule has 5 heteroatoms. The van der Waals surface area contributed by atoms with Crippen molar-refractivity contribution < 1.29 is 19.1 Å². The number of esters is 1. The fraction of sp³-hybridized carbons (Fsp3) is 0.385. The minimum atomic E-state index is -0.419. The smallest absolute Gasteiger partial charge is 0.407 e. The molecular weight excluding hydrogens is 234 g/mol. The van der Waals surface area contributed by atoms with E-state index in [1.54, 1.807) is 0 Å². The topological polar surface area (TPSA) is 64.6 Å². The largest absolute Gasteiger partial charge is 0.461 e. The average Bonchev–Trinajstić information content (AvgIpc) is 2.81. The Hall–Kier alpha value is -2.04. The third-order valence-electron chi connectivity index (χ3n) is 2.68. The van der Waals surface area contributed by atoms with Gasteiger partial charge in [-0.25, -0.2) is 4.79 Å². The molecule has 1 N–H and O–H groups in total. The molecule has 1 aromatic rings. The molecular formula is C13H15NO4. The van der Waals surface area contributed by atoms with Crippen molar-refractivity contribution in [2.75, 3.05) is 6.61 Å². The average molecular weight is 249 g/mol. The van der Waals surface area contributed by atoms with Crippen LogP contribution in [0.1, 0.15) is 18.4 Å². The van der Waals surface area contributed by atoms with Crippen LogP contribution in [-0.2, 0) is 20.9 Å². The van der Waals surface area contributed by atoms with Gasteiger partial charge in [0.15, 0.2) is 0 Å². The number of cyclic esters (lactones) is 1. The quantitative estimate of drug-likeness (QED) is 0.805. The summed E-state index contributed by atoms with van der Waals surface area (Å²) in [5.74, 6) is -0.264. The number of nitrogens with one attached hydrogen (secondary N) is 1. The molecule has 1 aliphatic rings. The van der Waals surface area contributed by atoms with Crippen molar-refractivity contribution in [3.63, 3.8) is 0 Å². The van der Waals surface area contributed by atoms with E-state index < -0.39 is 6.09 Å². The van der Waals surface area contributed by atoms with Gasteiger partial charge in [-0.1, -0.05) is 30.3 Å². The zero-order valence-electron chi connectivity index (χ0n) is 9.93. The Bertz CT molecular complexity index is 418. The molecule has 0 spiro atoms. The Kier molecular flexibility index (Phi) is 4.17. The van der Waals surface area contributed by atoms with Crippen molar-refractivity contribution in [3.05, 3.63) is 35.9 Å². The monoisotopic (exact) mass is 249 g/mol. The maximum absolute atomic E-state index is 11.5.